The van der Waals surface area contributed by atoms with Crippen LogP contribution in [0.25, 0.3) is 22.3 Å². The summed E-state index contributed by atoms with van der Waals surface area (Å²) in [5.74, 6) is -2.24. The number of rotatable bonds is 10. The first-order chi connectivity index (χ1) is 20.1. The number of aryl methyl sites for hydroxylation is 2. The molecule has 0 aliphatic carbocycles. The third-order valence-corrected chi connectivity index (χ3v) is 6.96. The Balaban J connectivity index is 1.43. The second-order valence-corrected chi connectivity index (χ2v) is 9.98. The lowest BCUT2D eigenvalue weighted by Gasteiger charge is -2.12. The summed E-state index contributed by atoms with van der Waals surface area (Å²) in [6.45, 7) is 4.12. The van der Waals surface area contributed by atoms with Crippen molar-refractivity contribution >= 4 is 17.0 Å². The molecule has 0 saturated heterocycles. The minimum atomic E-state index is -1.07. The van der Waals surface area contributed by atoms with Crippen LogP contribution in [0.3, 0.4) is 0 Å². The van der Waals surface area contributed by atoms with Crippen LogP contribution in [-0.2, 0) is 24.3 Å². The van der Waals surface area contributed by atoms with Crippen LogP contribution >= 0.6 is 0 Å². The van der Waals surface area contributed by atoms with E-state index in [4.69, 9.17) is 9.47 Å². The SMILES string of the molecule is COCCn1c(Cc2cc(F)c(-c3cccc(OCc4ccc(C)cc4F)n3)cc2F)nc2c(C)cc(C(=O)O)cc21. The van der Waals surface area contributed by atoms with Gasteiger partial charge in [-0.2, -0.15) is 0 Å². The Morgan fingerprint density at radius 1 is 0.929 bits per heavy atom. The summed E-state index contributed by atoms with van der Waals surface area (Å²) < 4.78 is 57.6. The molecule has 0 unspecified atom stereocenters. The van der Waals surface area contributed by atoms with Crippen molar-refractivity contribution in [1.29, 1.82) is 0 Å². The maximum atomic E-state index is 15.4. The zero-order valence-corrected chi connectivity index (χ0v) is 23.2. The highest BCUT2D eigenvalue weighted by Crippen LogP contribution is 2.29. The Hall–Kier alpha value is -4.70. The largest absolute Gasteiger partial charge is 0.478 e. The summed E-state index contributed by atoms with van der Waals surface area (Å²) in [6.07, 6.45) is -0.0397. The Bertz CT molecular complexity index is 1800. The van der Waals surface area contributed by atoms with Gasteiger partial charge in [0.2, 0.25) is 5.88 Å². The fourth-order valence-corrected chi connectivity index (χ4v) is 4.79. The van der Waals surface area contributed by atoms with Crippen LogP contribution in [0, 0.1) is 31.3 Å². The van der Waals surface area contributed by atoms with Gasteiger partial charge >= 0.3 is 5.97 Å². The van der Waals surface area contributed by atoms with Gasteiger partial charge in [0.15, 0.2) is 0 Å². The topological polar surface area (TPSA) is 86.5 Å². The smallest absolute Gasteiger partial charge is 0.335 e. The lowest BCUT2D eigenvalue weighted by molar-refractivity contribution is 0.0697. The molecule has 0 aliphatic rings. The number of fused-ring (bicyclic) bond motifs is 1. The van der Waals surface area contributed by atoms with E-state index in [0.717, 1.165) is 17.7 Å². The Morgan fingerprint density at radius 3 is 2.45 bits per heavy atom. The zero-order valence-electron chi connectivity index (χ0n) is 23.2. The lowest BCUT2D eigenvalue weighted by Crippen LogP contribution is -2.10. The number of carboxylic acids is 1. The van der Waals surface area contributed by atoms with E-state index in [1.54, 1.807) is 42.7 Å². The van der Waals surface area contributed by atoms with Gasteiger partial charge in [-0.1, -0.05) is 18.2 Å². The highest BCUT2D eigenvalue weighted by atomic mass is 19.1. The minimum Gasteiger partial charge on any atom is -0.478 e. The van der Waals surface area contributed by atoms with Crippen LogP contribution in [0.15, 0.2) is 60.7 Å². The molecule has 0 bridgehead atoms. The monoisotopic (exact) mass is 575 g/mol. The summed E-state index contributed by atoms with van der Waals surface area (Å²) in [4.78, 5) is 20.6. The number of aromatic carboxylic acids is 1. The lowest BCUT2D eigenvalue weighted by atomic mass is 10.0. The molecule has 1 N–H and O–H groups in total. The van der Waals surface area contributed by atoms with E-state index in [-0.39, 0.29) is 41.3 Å². The number of hydrogen-bond donors (Lipinski definition) is 1. The van der Waals surface area contributed by atoms with E-state index < -0.39 is 23.4 Å². The molecule has 2 aromatic heterocycles. The fourth-order valence-electron chi connectivity index (χ4n) is 4.79. The summed E-state index contributed by atoms with van der Waals surface area (Å²) in [6, 6.07) is 14.7. The standard InChI is InChI=1S/C32H28F3N3O4/c1-18-7-8-20(24(33)11-18)17-42-30-6-4-5-27(36-30)23-16-25(34)21(13-26(23)35)15-29-37-31-19(2)12-22(32(39)40)14-28(31)38(29)9-10-41-3/h4-8,11-14,16H,9-10,15,17H2,1-3H3,(H,39,40). The van der Waals surface area contributed by atoms with Crippen molar-refractivity contribution in [2.75, 3.05) is 13.7 Å². The van der Waals surface area contributed by atoms with Gasteiger partial charge in [0.05, 0.1) is 28.9 Å². The van der Waals surface area contributed by atoms with Crippen LogP contribution < -0.4 is 4.74 Å². The fraction of sp³-hybridized carbons (Fsp3) is 0.219. The number of carbonyl (C=O) groups is 1. The average molecular weight is 576 g/mol. The van der Waals surface area contributed by atoms with Crippen molar-refractivity contribution in [2.24, 2.45) is 0 Å². The van der Waals surface area contributed by atoms with Crippen molar-refractivity contribution < 1.29 is 32.5 Å². The molecule has 0 radical (unpaired) electrons. The first kappa shape index (κ1) is 28.8. The van der Waals surface area contributed by atoms with Crippen LogP contribution in [0.1, 0.15) is 38.4 Å². The van der Waals surface area contributed by atoms with Gasteiger partial charge in [-0.3, -0.25) is 0 Å². The van der Waals surface area contributed by atoms with Crippen LogP contribution in [0.2, 0.25) is 0 Å². The first-order valence-electron chi connectivity index (χ1n) is 13.2. The predicted molar refractivity (Wildman–Crippen MR) is 151 cm³/mol. The molecule has 7 nitrogen and oxygen atoms in total. The molecule has 0 saturated carbocycles. The molecule has 0 atom stereocenters. The number of imidazole rings is 1. The molecule has 0 spiro atoms. The van der Waals surface area contributed by atoms with Gasteiger partial charge in [-0.25, -0.2) is 27.9 Å². The number of halogens is 3. The molecule has 5 rings (SSSR count). The van der Waals surface area contributed by atoms with E-state index in [2.05, 4.69) is 9.97 Å². The number of nitrogens with zero attached hydrogens (tertiary/aromatic N) is 3. The Morgan fingerprint density at radius 2 is 1.71 bits per heavy atom. The molecule has 0 amide bonds. The van der Waals surface area contributed by atoms with Gasteiger partial charge < -0.3 is 19.1 Å². The van der Waals surface area contributed by atoms with E-state index in [1.165, 1.54) is 31.4 Å². The number of pyridine rings is 1. The zero-order chi connectivity index (χ0) is 30.0. The quantitative estimate of drug-likeness (QED) is 0.201. The van der Waals surface area contributed by atoms with E-state index in [1.807, 2.05) is 0 Å². The summed E-state index contributed by atoms with van der Waals surface area (Å²) in [5, 5.41) is 9.51. The maximum Gasteiger partial charge on any atom is 0.335 e. The van der Waals surface area contributed by atoms with Crippen LogP contribution in [0.5, 0.6) is 5.88 Å². The third-order valence-electron chi connectivity index (χ3n) is 6.96. The molecule has 0 aliphatic heterocycles. The van der Waals surface area contributed by atoms with Gasteiger partial charge in [0.25, 0.3) is 0 Å². The van der Waals surface area contributed by atoms with Gasteiger partial charge in [-0.05, 0) is 66.9 Å². The molecule has 42 heavy (non-hydrogen) atoms. The molecule has 10 heteroatoms. The molecular formula is C32H28F3N3O4. The number of benzene rings is 3. The molecule has 216 valence electrons. The van der Waals surface area contributed by atoms with Crippen molar-refractivity contribution in [3.8, 4) is 17.1 Å². The molecule has 2 heterocycles. The van der Waals surface area contributed by atoms with E-state index in [9.17, 15) is 14.3 Å². The second-order valence-electron chi connectivity index (χ2n) is 9.98. The van der Waals surface area contributed by atoms with Crippen LogP contribution in [-0.4, -0.2) is 39.3 Å². The summed E-state index contributed by atoms with van der Waals surface area (Å²) in [5.41, 5.74) is 3.22. The van der Waals surface area contributed by atoms with Gasteiger partial charge in [-0.15, -0.1) is 0 Å². The van der Waals surface area contributed by atoms with Crippen molar-refractivity contribution in [3.05, 3.63) is 112 Å². The van der Waals surface area contributed by atoms with E-state index in [0.29, 0.717) is 41.1 Å². The number of aromatic nitrogens is 3. The van der Waals surface area contributed by atoms with Crippen molar-refractivity contribution in [1.82, 2.24) is 14.5 Å². The number of ether oxygens (including phenoxy) is 2. The number of methoxy groups -OCH3 is 1. The van der Waals surface area contributed by atoms with Crippen molar-refractivity contribution in [3.63, 3.8) is 0 Å². The summed E-state index contributed by atoms with van der Waals surface area (Å²) in [7, 11) is 1.54. The minimum absolute atomic E-state index is 0.0397. The first-order valence-corrected chi connectivity index (χ1v) is 13.2. The molecule has 0 fully saturated rings. The number of hydrogen-bond acceptors (Lipinski definition) is 5. The molecule has 5 aromatic rings. The van der Waals surface area contributed by atoms with Gasteiger partial charge in [0, 0.05) is 37.3 Å². The highest BCUT2D eigenvalue weighted by Gasteiger charge is 2.19. The summed E-state index contributed by atoms with van der Waals surface area (Å²) >= 11 is 0. The van der Waals surface area contributed by atoms with Crippen molar-refractivity contribution in [2.45, 2.75) is 33.4 Å². The Kier molecular flexibility index (Phi) is 8.26. The number of carboxylic acid groups (broad SMARTS) is 1. The highest BCUT2D eigenvalue weighted by molar-refractivity contribution is 5.94. The molecular weight excluding hydrogens is 547 g/mol. The predicted octanol–water partition coefficient (Wildman–Crippen LogP) is 6.65. The second kappa shape index (κ2) is 12.0. The third kappa shape index (κ3) is 5.99. The maximum absolute atomic E-state index is 15.4. The van der Waals surface area contributed by atoms with Crippen LogP contribution in [0.4, 0.5) is 13.2 Å². The normalized spacial score (nSPS) is 11.3. The van der Waals surface area contributed by atoms with Gasteiger partial charge in [0.1, 0.15) is 29.9 Å². The molecule has 3 aromatic carbocycles. The Labute approximate surface area is 240 Å². The van der Waals surface area contributed by atoms with E-state index >= 15 is 8.78 Å². The average Bonchev–Trinajstić information content (AvgIpc) is 3.30.